The second-order valence-electron chi connectivity index (χ2n) is 4.00. The molecule has 0 fully saturated rings. The van der Waals surface area contributed by atoms with Crippen LogP contribution in [-0.2, 0) is 13.5 Å². The Morgan fingerprint density at radius 2 is 2.17 bits per heavy atom. The Labute approximate surface area is 113 Å². The molecule has 0 amide bonds. The topological polar surface area (TPSA) is 55.9 Å². The maximum absolute atomic E-state index is 13.5. The Morgan fingerprint density at radius 3 is 2.83 bits per heavy atom. The number of nitrogens with zero attached hydrogens (tertiary/aromatic N) is 2. The van der Waals surface area contributed by atoms with Crippen LogP contribution in [0.3, 0.4) is 0 Å². The number of nitrogens with one attached hydrogen (secondary N) is 1. The number of nitrogen functional groups attached to an aromatic ring is 1. The van der Waals surface area contributed by atoms with Crippen molar-refractivity contribution in [2.75, 3.05) is 11.1 Å². The summed E-state index contributed by atoms with van der Waals surface area (Å²) in [5, 5.41) is 7.42. The average molecular weight is 313 g/mol. The van der Waals surface area contributed by atoms with Gasteiger partial charge in [0, 0.05) is 19.3 Å². The fourth-order valence-electron chi connectivity index (χ4n) is 1.72. The molecule has 0 aliphatic carbocycles. The lowest BCUT2D eigenvalue weighted by molar-refractivity contribution is 0.622. The standard InChI is InChI=1S/C12H14BrFN4/c1-3-10-12(6-18(2)17-10)16-11-5-8(14)7(13)4-9(11)15/h4-6,16H,3,15H2,1-2H3. The molecule has 4 nitrogen and oxygen atoms in total. The van der Waals surface area contributed by atoms with Crippen molar-refractivity contribution in [1.82, 2.24) is 9.78 Å². The van der Waals surface area contributed by atoms with Crippen molar-refractivity contribution in [2.45, 2.75) is 13.3 Å². The summed E-state index contributed by atoms with van der Waals surface area (Å²) in [5.74, 6) is -0.353. The third-order valence-electron chi connectivity index (χ3n) is 2.60. The Balaban J connectivity index is 2.36. The number of hydrogen-bond donors (Lipinski definition) is 2. The maximum atomic E-state index is 13.5. The molecule has 96 valence electrons. The van der Waals surface area contributed by atoms with E-state index in [9.17, 15) is 4.39 Å². The monoisotopic (exact) mass is 312 g/mol. The summed E-state index contributed by atoms with van der Waals surface area (Å²) >= 11 is 3.10. The van der Waals surface area contributed by atoms with Crippen LogP contribution < -0.4 is 11.1 Å². The number of nitrogens with two attached hydrogens (primary N) is 1. The summed E-state index contributed by atoms with van der Waals surface area (Å²) in [4.78, 5) is 0. The SMILES string of the molecule is CCc1nn(C)cc1Nc1cc(F)c(Br)cc1N. The maximum Gasteiger partial charge on any atom is 0.139 e. The molecule has 2 rings (SSSR count). The first-order chi connectivity index (χ1) is 8.51. The van der Waals surface area contributed by atoms with E-state index < -0.39 is 0 Å². The van der Waals surface area contributed by atoms with Crippen LogP contribution in [-0.4, -0.2) is 9.78 Å². The molecule has 0 unspecified atom stereocenters. The predicted molar refractivity (Wildman–Crippen MR) is 74.4 cm³/mol. The molecule has 1 aromatic heterocycles. The minimum Gasteiger partial charge on any atom is -0.397 e. The van der Waals surface area contributed by atoms with Crippen LogP contribution in [0.15, 0.2) is 22.8 Å². The number of benzene rings is 1. The van der Waals surface area contributed by atoms with Crippen molar-refractivity contribution >= 4 is 33.0 Å². The summed E-state index contributed by atoms with van der Waals surface area (Å²) in [6.45, 7) is 2.01. The zero-order valence-corrected chi connectivity index (χ0v) is 11.8. The first kappa shape index (κ1) is 12.9. The van der Waals surface area contributed by atoms with Crippen molar-refractivity contribution in [3.05, 3.63) is 34.3 Å². The second kappa shape index (κ2) is 4.97. The van der Waals surface area contributed by atoms with Crippen molar-refractivity contribution in [1.29, 1.82) is 0 Å². The van der Waals surface area contributed by atoms with E-state index in [0.29, 0.717) is 15.8 Å². The van der Waals surface area contributed by atoms with E-state index >= 15 is 0 Å². The molecule has 18 heavy (non-hydrogen) atoms. The third kappa shape index (κ3) is 2.48. The highest BCUT2D eigenvalue weighted by Crippen LogP contribution is 2.29. The Kier molecular flexibility index (Phi) is 3.56. The minimum absolute atomic E-state index is 0.353. The number of hydrogen-bond acceptors (Lipinski definition) is 3. The number of aromatic nitrogens is 2. The highest BCUT2D eigenvalue weighted by Gasteiger charge is 2.10. The van der Waals surface area contributed by atoms with Gasteiger partial charge in [0.2, 0.25) is 0 Å². The van der Waals surface area contributed by atoms with Gasteiger partial charge in [-0.2, -0.15) is 5.10 Å². The molecule has 0 saturated carbocycles. The zero-order valence-electron chi connectivity index (χ0n) is 10.2. The van der Waals surface area contributed by atoms with Crippen molar-refractivity contribution < 1.29 is 4.39 Å². The molecule has 0 saturated heterocycles. The first-order valence-electron chi connectivity index (χ1n) is 5.55. The summed E-state index contributed by atoms with van der Waals surface area (Å²) < 4.78 is 15.6. The van der Waals surface area contributed by atoms with Gasteiger partial charge in [0.15, 0.2) is 0 Å². The van der Waals surface area contributed by atoms with Gasteiger partial charge in [-0.05, 0) is 28.4 Å². The summed E-state index contributed by atoms with van der Waals surface area (Å²) in [7, 11) is 1.84. The molecule has 1 heterocycles. The van der Waals surface area contributed by atoms with Crippen LogP contribution in [0.5, 0.6) is 0 Å². The lowest BCUT2D eigenvalue weighted by Gasteiger charge is -2.09. The number of halogens is 2. The summed E-state index contributed by atoms with van der Waals surface area (Å²) in [6.07, 6.45) is 2.64. The lowest BCUT2D eigenvalue weighted by atomic mass is 10.2. The van der Waals surface area contributed by atoms with Crippen molar-refractivity contribution in [3.63, 3.8) is 0 Å². The van der Waals surface area contributed by atoms with E-state index in [1.807, 2.05) is 20.2 Å². The fraction of sp³-hybridized carbons (Fsp3) is 0.250. The molecule has 6 heteroatoms. The molecule has 0 spiro atoms. The van der Waals surface area contributed by atoms with Crippen LogP contribution >= 0.6 is 15.9 Å². The quantitative estimate of drug-likeness (QED) is 0.856. The van der Waals surface area contributed by atoms with Gasteiger partial charge in [-0.1, -0.05) is 6.92 Å². The molecule has 3 N–H and O–H groups in total. The van der Waals surface area contributed by atoms with Gasteiger partial charge in [-0.3, -0.25) is 4.68 Å². The van der Waals surface area contributed by atoms with Crippen LogP contribution in [0.2, 0.25) is 0 Å². The molecule has 1 aromatic carbocycles. The van der Waals surface area contributed by atoms with Crippen LogP contribution in [0.25, 0.3) is 0 Å². The van der Waals surface area contributed by atoms with Crippen molar-refractivity contribution in [2.24, 2.45) is 7.05 Å². The Morgan fingerprint density at radius 1 is 1.44 bits per heavy atom. The van der Waals surface area contributed by atoms with Gasteiger partial charge in [0.25, 0.3) is 0 Å². The van der Waals surface area contributed by atoms with Gasteiger partial charge >= 0.3 is 0 Å². The fourth-order valence-corrected chi connectivity index (χ4v) is 2.08. The highest BCUT2D eigenvalue weighted by molar-refractivity contribution is 9.10. The van der Waals surface area contributed by atoms with Crippen LogP contribution in [0.1, 0.15) is 12.6 Å². The second-order valence-corrected chi connectivity index (χ2v) is 4.85. The van der Waals surface area contributed by atoms with Gasteiger partial charge in [-0.15, -0.1) is 0 Å². The van der Waals surface area contributed by atoms with Crippen LogP contribution in [0.4, 0.5) is 21.5 Å². The van der Waals surface area contributed by atoms with E-state index in [4.69, 9.17) is 5.73 Å². The molecule has 0 bridgehead atoms. The number of anilines is 3. The summed E-state index contributed by atoms with van der Waals surface area (Å²) in [5.41, 5.74) is 8.63. The highest BCUT2D eigenvalue weighted by atomic mass is 79.9. The molecule has 0 aliphatic rings. The van der Waals surface area contributed by atoms with Gasteiger partial charge in [0.1, 0.15) is 5.82 Å². The van der Waals surface area contributed by atoms with E-state index in [0.717, 1.165) is 17.8 Å². The third-order valence-corrected chi connectivity index (χ3v) is 3.21. The van der Waals surface area contributed by atoms with Gasteiger partial charge < -0.3 is 11.1 Å². The van der Waals surface area contributed by atoms with E-state index in [1.54, 1.807) is 10.7 Å². The molecule has 0 aliphatic heterocycles. The minimum atomic E-state index is -0.353. The van der Waals surface area contributed by atoms with Gasteiger partial charge in [0.05, 0.1) is 27.2 Å². The predicted octanol–water partition coefficient (Wildman–Crippen LogP) is 3.21. The van der Waals surface area contributed by atoms with E-state index in [2.05, 4.69) is 26.3 Å². The van der Waals surface area contributed by atoms with E-state index in [-0.39, 0.29) is 5.82 Å². The zero-order chi connectivity index (χ0) is 13.3. The molecular formula is C12H14BrFN4. The smallest absolute Gasteiger partial charge is 0.139 e. The molecule has 2 aromatic rings. The molecular weight excluding hydrogens is 299 g/mol. The summed E-state index contributed by atoms with van der Waals surface area (Å²) in [6, 6.07) is 2.91. The van der Waals surface area contributed by atoms with Crippen LogP contribution in [0, 0.1) is 5.82 Å². The Bertz CT molecular complexity index is 580. The largest absolute Gasteiger partial charge is 0.397 e. The number of aryl methyl sites for hydroxylation is 2. The molecule has 0 atom stereocenters. The first-order valence-corrected chi connectivity index (χ1v) is 6.34. The van der Waals surface area contributed by atoms with E-state index in [1.165, 1.54) is 6.07 Å². The van der Waals surface area contributed by atoms with Gasteiger partial charge in [-0.25, -0.2) is 4.39 Å². The average Bonchev–Trinajstić information content (AvgIpc) is 2.66. The molecule has 0 radical (unpaired) electrons. The number of rotatable bonds is 3. The van der Waals surface area contributed by atoms with Crippen molar-refractivity contribution in [3.8, 4) is 0 Å². The normalized spacial score (nSPS) is 10.7. The Hall–Kier alpha value is -1.56. The lowest BCUT2D eigenvalue weighted by Crippen LogP contribution is -1.99.